The topological polar surface area (TPSA) is 44.5 Å². The molecule has 0 radical (unpaired) electrons. The zero-order valence-corrected chi connectivity index (χ0v) is 13.1. The summed E-state index contributed by atoms with van der Waals surface area (Å²) in [6.07, 6.45) is 0. The van der Waals surface area contributed by atoms with Crippen LogP contribution >= 0.6 is 15.9 Å². The molecule has 0 aliphatic carbocycles. The summed E-state index contributed by atoms with van der Waals surface area (Å²) in [5.74, 6) is -0.132. The Morgan fingerprint density at radius 1 is 1.00 bits per heavy atom. The molecule has 0 saturated carbocycles. The van der Waals surface area contributed by atoms with E-state index in [2.05, 4.69) is 15.9 Å². The molecule has 3 nitrogen and oxygen atoms in total. The van der Waals surface area contributed by atoms with Gasteiger partial charge in [0, 0.05) is 5.56 Å². The normalized spacial score (nSPS) is 12.1. The number of hydrogen-bond acceptors (Lipinski definition) is 3. The van der Waals surface area contributed by atoms with Crippen molar-refractivity contribution in [3.8, 4) is 11.5 Å². The predicted molar refractivity (Wildman–Crippen MR) is 79.6 cm³/mol. The van der Waals surface area contributed by atoms with Gasteiger partial charge in [-0.25, -0.2) is 8.78 Å². The highest BCUT2D eigenvalue weighted by molar-refractivity contribution is 9.10. The molecular weight excluding hydrogens is 344 g/mol. The largest absolute Gasteiger partial charge is 0.493 e. The third kappa shape index (κ3) is 3.16. The van der Waals surface area contributed by atoms with E-state index in [0.717, 1.165) is 12.1 Å². The lowest BCUT2D eigenvalue weighted by Gasteiger charge is -2.16. The third-order valence-electron chi connectivity index (χ3n) is 3.14. The number of halogens is 3. The minimum Gasteiger partial charge on any atom is -0.493 e. The van der Waals surface area contributed by atoms with E-state index in [1.54, 1.807) is 18.2 Å². The first-order valence-corrected chi connectivity index (χ1v) is 6.89. The summed E-state index contributed by atoms with van der Waals surface area (Å²) in [4.78, 5) is 0. The van der Waals surface area contributed by atoms with Crippen LogP contribution in [0.1, 0.15) is 17.2 Å². The molecule has 0 saturated heterocycles. The molecule has 0 aromatic heterocycles. The maximum Gasteiger partial charge on any atom is 0.161 e. The van der Waals surface area contributed by atoms with E-state index in [9.17, 15) is 8.78 Å². The highest BCUT2D eigenvalue weighted by atomic mass is 79.9. The van der Waals surface area contributed by atoms with Crippen LogP contribution in [-0.2, 0) is 0 Å². The van der Waals surface area contributed by atoms with Crippen LogP contribution in [0.3, 0.4) is 0 Å². The Morgan fingerprint density at radius 2 is 1.67 bits per heavy atom. The monoisotopic (exact) mass is 357 g/mol. The Hall–Kier alpha value is -1.66. The molecule has 21 heavy (non-hydrogen) atoms. The number of hydrogen-bond donors (Lipinski definition) is 1. The lowest BCUT2D eigenvalue weighted by Crippen LogP contribution is -2.14. The first-order valence-electron chi connectivity index (χ1n) is 6.10. The van der Waals surface area contributed by atoms with Crippen LogP contribution < -0.4 is 15.2 Å². The quantitative estimate of drug-likeness (QED) is 0.846. The molecule has 2 aromatic rings. The van der Waals surface area contributed by atoms with Gasteiger partial charge < -0.3 is 15.2 Å². The lowest BCUT2D eigenvalue weighted by molar-refractivity contribution is 0.354. The summed E-state index contributed by atoms with van der Waals surface area (Å²) >= 11 is 2.93. The average molecular weight is 358 g/mol. The fourth-order valence-electron chi connectivity index (χ4n) is 2.00. The number of methoxy groups -OCH3 is 2. The van der Waals surface area contributed by atoms with Crippen molar-refractivity contribution < 1.29 is 18.3 Å². The maximum atomic E-state index is 14.0. The van der Waals surface area contributed by atoms with Gasteiger partial charge in [0.2, 0.25) is 0 Å². The Labute approximate surface area is 129 Å². The summed E-state index contributed by atoms with van der Waals surface area (Å²) in [6.45, 7) is 0. The standard InChI is InChI=1S/C15H14BrF2NO2/c1-20-13-4-3-8(5-14(13)21-2)15(19)9-6-12(18)10(16)7-11(9)17/h3-7,15H,19H2,1-2H3. The average Bonchev–Trinajstić information content (AvgIpc) is 2.49. The van der Waals surface area contributed by atoms with Gasteiger partial charge in [0.05, 0.1) is 24.7 Å². The van der Waals surface area contributed by atoms with Crippen LogP contribution in [0.15, 0.2) is 34.8 Å². The van der Waals surface area contributed by atoms with Crippen LogP contribution in [0.5, 0.6) is 11.5 Å². The highest BCUT2D eigenvalue weighted by Crippen LogP contribution is 2.33. The summed E-state index contributed by atoms with van der Waals surface area (Å²) in [7, 11) is 3.01. The minimum absolute atomic E-state index is 0.0586. The molecule has 0 fully saturated rings. The highest BCUT2D eigenvalue weighted by Gasteiger charge is 2.18. The second-order valence-corrected chi connectivity index (χ2v) is 5.23. The van der Waals surface area contributed by atoms with Gasteiger partial charge in [-0.15, -0.1) is 0 Å². The molecule has 0 heterocycles. The van der Waals surface area contributed by atoms with Gasteiger partial charge in [0.1, 0.15) is 11.6 Å². The number of benzene rings is 2. The minimum atomic E-state index is -0.813. The summed E-state index contributed by atoms with van der Waals surface area (Å²) < 4.78 is 37.9. The molecule has 1 atom stereocenters. The number of rotatable bonds is 4. The van der Waals surface area contributed by atoms with Crippen LogP contribution in [0, 0.1) is 11.6 Å². The number of nitrogens with two attached hydrogens (primary N) is 1. The molecular formula is C15H14BrF2NO2. The van der Waals surface area contributed by atoms with E-state index in [1.165, 1.54) is 14.2 Å². The first kappa shape index (κ1) is 15.7. The van der Waals surface area contributed by atoms with Gasteiger partial charge in [-0.05, 0) is 45.8 Å². The third-order valence-corrected chi connectivity index (χ3v) is 3.75. The van der Waals surface area contributed by atoms with Crippen molar-refractivity contribution in [3.63, 3.8) is 0 Å². The molecule has 1 unspecified atom stereocenters. The molecule has 0 aliphatic rings. The van der Waals surface area contributed by atoms with E-state index in [1.807, 2.05) is 0 Å². The fourth-order valence-corrected chi connectivity index (χ4v) is 2.32. The molecule has 112 valence electrons. The molecule has 0 aliphatic heterocycles. The van der Waals surface area contributed by atoms with Gasteiger partial charge in [0.25, 0.3) is 0 Å². The van der Waals surface area contributed by atoms with Crippen molar-refractivity contribution in [3.05, 3.63) is 57.6 Å². The van der Waals surface area contributed by atoms with Gasteiger partial charge in [-0.1, -0.05) is 6.07 Å². The molecule has 2 N–H and O–H groups in total. The summed E-state index contributed by atoms with van der Waals surface area (Å²) in [5.41, 5.74) is 6.70. The Balaban J connectivity index is 2.45. The van der Waals surface area contributed by atoms with Gasteiger partial charge >= 0.3 is 0 Å². The van der Waals surface area contributed by atoms with Gasteiger partial charge in [-0.2, -0.15) is 0 Å². The van der Waals surface area contributed by atoms with Gasteiger partial charge in [0.15, 0.2) is 11.5 Å². The van der Waals surface area contributed by atoms with Crippen LogP contribution in [0.2, 0.25) is 0 Å². The van der Waals surface area contributed by atoms with E-state index in [0.29, 0.717) is 17.1 Å². The maximum absolute atomic E-state index is 14.0. The van der Waals surface area contributed by atoms with Crippen LogP contribution in [0.25, 0.3) is 0 Å². The smallest absolute Gasteiger partial charge is 0.161 e. The van der Waals surface area contributed by atoms with E-state index >= 15 is 0 Å². The van der Waals surface area contributed by atoms with Crippen molar-refractivity contribution in [1.82, 2.24) is 0 Å². The Kier molecular flexibility index (Phi) is 4.80. The summed E-state index contributed by atoms with van der Waals surface area (Å²) in [5, 5.41) is 0. The van der Waals surface area contributed by atoms with E-state index in [4.69, 9.17) is 15.2 Å². The molecule has 0 spiro atoms. The Morgan fingerprint density at radius 3 is 2.29 bits per heavy atom. The van der Waals surface area contributed by atoms with E-state index < -0.39 is 17.7 Å². The zero-order valence-electron chi connectivity index (χ0n) is 11.5. The fraction of sp³-hybridized carbons (Fsp3) is 0.200. The van der Waals surface area contributed by atoms with Crippen LogP contribution in [-0.4, -0.2) is 14.2 Å². The molecule has 6 heteroatoms. The van der Waals surface area contributed by atoms with Crippen molar-refractivity contribution in [1.29, 1.82) is 0 Å². The van der Waals surface area contributed by atoms with Gasteiger partial charge in [-0.3, -0.25) is 0 Å². The molecule has 2 rings (SSSR count). The van der Waals surface area contributed by atoms with Crippen LogP contribution in [0.4, 0.5) is 8.78 Å². The van der Waals surface area contributed by atoms with Crippen molar-refractivity contribution >= 4 is 15.9 Å². The van der Waals surface area contributed by atoms with Crippen molar-refractivity contribution in [2.45, 2.75) is 6.04 Å². The lowest BCUT2D eigenvalue weighted by atomic mass is 9.98. The first-order chi connectivity index (χ1) is 9.97. The van der Waals surface area contributed by atoms with Crippen molar-refractivity contribution in [2.75, 3.05) is 14.2 Å². The SMILES string of the molecule is COc1ccc(C(N)c2cc(F)c(Br)cc2F)cc1OC. The second kappa shape index (κ2) is 6.41. The predicted octanol–water partition coefficient (Wildman–Crippen LogP) is 3.79. The summed E-state index contributed by atoms with van der Waals surface area (Å²) in [6, 6.07) is 6.33. The molecule has 2 aromatic carbocycles. The van der Waals surface area contributed by atoms with Crippen molar-refractivity contribution in [2.24, 2.45) is 5.73 Å². The van der Waals surface area contributed by atoms with E-state index in [-0.39, 0.29) is 10.0 Å². The molecule has 0 amide bonds. The molecule has 0 bridgehead atoms. The Bertz CT molecular complexity index is 664. The number of ether oxygens (including phenoxy) is 2. The second-order valence-electron chi connectivity index (χ2n) is 4.38. The zero-order chi connectivity index (χ0) is 15.6.